The Morgan fingerprint density at radius 1 is 1.21 bits per heavy atom. The monoisotopic (exact) mass is 256 g/mol. The van der Waals surface area contributed by atoms with Crippen LogP contribution in [-0.2, 0) is 6.54 Å². The predicted molar refractivity (Wildman–Crippen MR) is 78.2 cm³/mol. The highest BCUT2D eigenvalue weighted by atomic mass is 16.3. The van der Waals surface area contributed by atoms with Crippen LogP contribution in [0.3, 0.4) is 0 Å². The van der Waals surface area contributed by atoms with Gasteiger partial charge in [0.2, 0.25) is 0 Å². The molecule has 0 bridgehead atoms. The lowest BCUT2D eigenvalue weighted by molar-refractivity contribution is 0.199. The summed E-state index contributed by atoms with van der Waals surface area (Å²) in [5, 5.41) is 9.60. The third kappa shape index (κ3) is 3.55. The molecule has 19 heavy (non-hydrogen) atoms. The van der Waals surface area contributed by atoms with E-state index in [9.17, 15) is 5.11 Å². The summed E-state index contributed by atoms with van der Waals surface area (Å²) < 4.78 is 0. The average Bonchev–Trinajstić information content (AvgIpc) is 2.41. The smallest absolute Gasteiger partial charge is 0.128 e. The molecule has 1 aromatic heterocycles. The number of rotatable bonds is 4. The maximum atomic E-state index is 9.60. The maximum Gasteiger partial charge on any atom is 0.128 e. The van der Waals surface area contributed by atoms with Gasteiger partial charge >= 0.3 is 0 Å². The number of aromatic nitrogens is 1. The van der Waals surface area contributed by atoms with Gasteiger partial charge in [-0.25, -0.2) is 4.98 Å². The highest BCUT2D eigenvalue weighted by Gasteiger charge is 2.07. The lowest BCUT2D eigenvalue weighted by atomic mass is 10.1. The van der Waals surface area contributed by atoms with Crippen molar-refractivity contribution in [3.63, 3.8) is 0 Å². The summed E-state index contributed by atoms with van der Waals surface area (Å²) in [6, 6.07) is 12.3. The van der Waals surface area contributed by atoms with Gasteiger partial charge in [0.25, 0.3) is 0 Å². The van der Waals surface area contributed by atoms with Gasteiger partial charge in [0.15, 0.2) is 0 Å². The fourth-order valence-electron chi connectivity index (χ4n) is 1.95. The fourth-order valence-corrected chi connectivity index (χ4v) is 1.95. The Kier molecular flexibility index (Phi) is 4.17. The highest BCUT2D eigenvalue weighted by molar-refractivity contribution is 5.41. The zero-order valence-electron chi connectivity index (χ0n) is 11.7. The predicted octanol–water partition coefficient (Wildman–Crippen LogP) is 3.08. The summed E-state index contributed by atoms with van der Waals surface area (Å²) in [6.07, 6.45) is 1.28. The molecule has 3 nitrogen and oxygen atoms in total. The van der Waals surface area contributed by atoms with Gasteiger partial charge in [-0.2, -0.15) is 0 Å². The van der Waals surface area contributed by atoms with E-state index in [-0.39, 0.29) is 0 Å². The van der Waals surface area contributed by atoms with E-state index in [1.54, 1.807) is 13.1 Å². The molecule has 1 heterocycles. The molecule has 0 aliphatic carbocycles. The summed E-state index contributed by atoms with van der Waals surface area (Å²) >= 11 is 0. The molecule has 2 aromatic rings. The molecule has 0 aliphatic rings. The Morgan fingerprint density at radius 2 is 1.89 bits per heavy atom. The number of aryl methyl sites for hydroxylation is 1. The van der Waals surface area contributed by atoms with Crippen LogP contribution in [0.2, 0.25) is 0 Å². The van der Waals surface area contributed by atoms with Crippen LogP contribution in [0, 0.1) is 6.92 Å². The van der Waals surface area contributed by atoms with Crippen LogP contribution >= 0.6 is 0 Å². The second-order valence-corrected chi connectivity index (χ2v) is 4.97. The first-order chi connectivity index (χ1) is 9.06. The first kappa shape index (κ1) is 13.6. The standard InChI is InChI=1S/C16H20N2O/c1-12-4-6-14(7-5-12)11-18(3)16-10-15(13(2)19)8-9-17-16/h4-10,13,19H,11H2,1-3H3/t13-/m1/s1. The second-order valence-electron chi connectivity index (χ2n) is 4.97. The summed E-state index contributed by atoms with van der Waals surface area (Å²) in [4.78, 5) is 6.43. The van der Waals surface area contributed by atoms with Crippen molar-refractivity contribution >= 4 is 5.82 Å². The van der Waals surface area contributed by atoms with Crippen LogP contribution in [0.15, 0.2) is 42.6 Å². The van der Waals surface area contributed by atoms with Crippen LogP contribution in [0.5, 0.6) is 0 Å². The van der Waals surface area contributed by atoms with E-state index >= 15 is 0 Å². The Labute approximate surface area is 114 Å². The number of hydrogen-bond donors (Lipinski definition) is 1. The first-order valence-electron chi connectivity index (χ1n) is 6.47. The van der Waals surface area contributed by atoms with Gasteiger partial charge < -0.3 is 10.0 Å². The number of aliphatic hydroxyl groups is 1. The van der Waals surface area contributed by atoms with Gasteiger partial charge in [-0.3, -0.25) is 0 Å². The molecule has 0 amide bonds. The Bertz CT molecular complexity index is 535. The molecule has 0 radical (unpaired) electrons. The van der Waals surface area contributed by atoms with E-state index in [4.69, 9.17) is 0 Å². The summed E-state index contributed by atoms with van der Waals surface area (Å²) in [5.41, 5.74) is 3.40. The van der Waals surface area contributed by atoms with Crippen LogP contribution in [0.25, 0.3) is 0 Å². The summed E-state index contributed by atoms with van der Waals surface area (Å²) in [6.45, 7) is 4.65. The number of aliphatic hydroxyl groups excluding tert-OH is 1. The van der Waals surface area contributed by atoms with Crippen LogP contribution in [-0.4, -0.2) is 17.1 Å². The Hall–Kier alpha value is -1.87. The summed E-state index contributed by atoms with van der Waals surface area (Å²) in [5.74, 6) is 0.874. The number of nitrogens with zero attached hydrogens (tertiary/aromatic N) is 2. The van der Waals surface area contributed by atoms with Crippen LogP contribution in [0.1, 0.15) is 29.7 Å². The molecule has 0 unspecified atom stereocenters. The molecule has 1 N–H and O–H groups in total. The molecular weight excluding hydrogens is 236 g/mol. The number of hydrogen-bond acceptors (Lipinski definition) is 3. The topological polar surface area (TPSA) is 36.4 Å². The zero-order chi connectivity index (χ0) is 13.8. The van der Waals surface area contributed by atoms with Crippen molar-refractivity contribution < 1.29 is 5.11 Å². The van der Waals surface area contributed by atoms with Gasteiger partial charge in [-0.1, -0.05) is 29.8 Å². The Balaban J connectivity index is 2.13. The molecule has 100 valence electrons. The van der Waals surface area contributed by atoms with E-state index in [0.717, 1.165) is 17.9 Å². The number of anilines is 1. The van der Waals surface area contributed by atoms with Crippen molar-refractivity contribution in [2.24, 2.45) is 0 Å². The molecule has 0 aliphatic heterocycles. The van der Waals surface area contributed by atoms with Crippen molar-refractivity contribution in [2.75, 3.05) is 11.9 Å². The highest BCUT2D eigenvalue weighted by Crippen LogP contribution is 2.18. The first-order valence-corrected chi connectivity index (χ1v) is 6.47. The molecule has 0 saturated carbocycles. The largest absolute Gasteiger partial charge is 0.389 e. The molecule has 3 heteroatoms. The van der Waals surface area contributed by atoms with Gasteiger partial charge in [0.1, 0.15) is 5.82 Å². The molecule has 1 aromatic carbocycles. The second kappa shape index (κ2) is 5.85. The van der Waals surface area contributed by atoms with Crippen molar-refractivity contribution in [1.82, 2.24) is 4.98 Å². The van der Waals surface area contributed by atoms with Crippen LogP contribution < -0.4 is 4.90 Å². The summed E-state index contributed by atoms with van der Waals surface area (Å²) in [7, 11) is 2.01. The van der Waals surface area contributed by atoms with Crippen molar-refractivity contribution in [2.45, 2.75) is 26.5 Å². The van der Waals surface area contributed by atoms with Gasteiger partial charge in [0, 0.05) is 19.8 Å². The quantitative estimate of drug-likeness (QED) is 0.913. The van der Waals surface area contributed by atoms with Crippen LogP contribution in [0.4, 0.5) is 5.82 Å². The van der Waals surface area contributed by atoms with Gasteiger partial charge in [-0.15, -0.1) is 0 Å². The normalized spacial score (nSPS) is 12.2. The van der Waals surface area contributed by atoms with Gasteiger partial charge in [-0.05, 0) is 37.1 Å². The minimum Gasteiger partial charge on any atom is -0.389 e. The third-order valence-corrected chi connectivity index (χ3v) is 3.18. The molecule has 0 spiro atoms. The van der Waals surface area contributed by atoms with E-state index in [1.807, 2.05) is 19.2 Å². The SMILES string of the molecule is Cc1ccc(CN(C)c2cc([C@@H](C)O)ccn2)cc1. The van der Waals surface area contributed by atoms with E-state index in [0.29, 0.717) is 0 Å². The molecule has 0 saturated heterocycles. The third-order valence-electron chi connectivity index (χ3n) is 3.18. The van der Waals surface area contributed by atoms with Gasteiger partial charge in [0.05, 0.1) is 6.10 Å². The number of pyridine rings is 1. The zero-order valence-corrected chi connectivity index (χ0v) is 11.7. The van der Waals surface area contributed by atoms with Crippen molar-refractivity contribution in [1.29, 1.82) is 0 Å². The molecule has 2 rings (SSSR count). The van der Waals surface area contributed by atoms with E-state index in [2.05, 4.69) is 41.1 Å². The lowest BCUT2D eigenvalue weighted by Crippen LogP contribution is -2.17. The minimum absolute atomic E-state index is 0.463. The maximum absolute atomic E-state index is 9.60. The van der Waals surface area contributed by atoms with Crippen molar-refractivity contribution in [3.05, 3.63) is 59.3 Å². The minimum atomic E-state index is -0.463. The molecule has 1 atom stereocenters. The van der Waals surface area contributed by atoms with E-state index in [1.165, 1.54) is 11.1 Å². The molecular formula is C16H20N2O. The fraction of sp³-hybridized carbons (Fsp3) is 0.312. The lowest BCUT2D eigenvalue weighted by Gasteiger charge is -2.19. The average molecular weight is 256 g/mol. The Morgan fingerprint density at radius 3 is 2.53 bits per heavy atom. The molecule has 0 fully saturated rings. The number of benzene rings is 1. The van der Waals surface area contributed by atoms with Crippen molar-refractivity contribution in [3.8, 4) is 0 Å². The van der Waals surface area contributed by atoms with E-state index < -0.39 is 6.10 Å².